The highest BCUT2D eigenvalue weighted by atomic mass is 19.4. The van der Waals surface area contributed by atoms with Crippen LogP contribution in [-0.2, 0) is 9.53 Å². The number of hydrogen-bond donors (Lipinski definition) is 2. The largest absolute Gasteiger partial charge is 0.522 e. The van der Waals surface area contributed by atoms with Crippen LogP contribution in [0.1, 0.15) is 6.92 Å². The Labute approximate surface area is 102 Å². The maximum Gasteiger partial charge on any atom is 0.522 e. The van der Waals surface area contributed by atoms with Crippen LogP contribution in [0.25, 0.3) is 0 Å². The Balaban J connectivity index is 2.33. The Bertz CT molecular complexity index is 390. The van der Waals surface area contributed by atoms with E-state index in [2.05, 4.69) is 15.4 Å². The number of carbonyl (C=O) groups is 1. The molecule has 0 aliphatic heterocycles. The third kappa shape index (κ3) is 6.09. The number of alkyl halides is 3. The van der Waals surface area contributed by atoms with Gasteiger partial charge in [-0.15, -0.1) is 13.2 Å². The van der Waals surface area contributed by atoms with Crippen LogP contribution in [0.5, 0.6) is 0 Å². The molecule has 100 valence electrons. The van der Waals surface area contributed by atoms with Crippen molar-refractivity contribution in [2.75, 3.05) is 23.8 Å². The van der Waals surface area contributed by atoms with Crippen LogP contribution >= 0.6 is 0 Å². The van der Waals surface area contributed by atoms with Gasteiger partial charge in [0.1, 0.15) is 0 Å². The van der Waals surface area contributed by atoms with E-state index < -0.39 is 13.0 Å². The monoisotopic (exact) mass is 262 g/mol. The van der Waals surface area contributed by atoms with E-state index in [-0.39, 0.29) is 12.5 Å². The molecular weight excluding hydrogens is 249 g/mol. The molecule has 7 heteroatoms. The van der Waals surface area contributed by atoms with Gasteiger partial charge < -0.3 is 10.6 Å². The Morgan fingerprint density at radius 1 is 1.22 bits per heavy atom. The lowest BCUT2D eigenvalue weighted by Gasteiger charge is -2.09. The SMILES string of the molecule is CC(=O)Nc1ccc(NCCOC(F)(F)F)cc1. The van der Waals surface area contributed by atoms with Crippen LogP contribution in [0.15, 0.2) is 24.3 Å². The van der Waals surface area contributed by atoms with Crippen molar-refractivity contribution in [1.82, 2.24) is 0 Å². The van der Waals surface area contributed by atoms with Gasteiger partial charge in [0, 0.05) is 24.8 Å². The van der Waals surface area contributed by atoms with Crippen LogP contribution in [0.4, 0.5) is 24.5 Å². The zero-order valence-corrected chi connectivity index (χ0v) is 9.67. The molecule has 18 heavy (non-hydrogen) atoms. The van der Waals surface area contributed by atoms with Gasteiger partial charge in [0.05, 0.1) is 6.61 Å². The van der Waals surface area contributed by atoms with Crippen molar-refractivity contribution in [3.8, 4) is 0 Å². The molecule has 0 aliphatic carbocycles. The zero-order chi connectivity index (χ0) is 13.6. The molecule has 0 aromatic heterocycles. The normalized spacial score (nSPS) is 11.1. The molecular formula is C11H13F3N2O2. The zero-order valence-electron chi connectivity index (χ0n) is 9.67. The summed E-state index contributed by atoms with van der Waals surface area (Å²) in [6.45, 7) is 0.969. The first kappa shape index (κ1) is 14.3. The van der Waals surface area contributed by atoms with E-state index in [1.807, 2.05) is 0 Å². The van der Waals surface area contributed by atoms with Gasteiger partial charge >= 0.3 is 6.36 Å². The molecule has 1 aromatic rings. The van der Waals surface area contributed by atoms with Crippen LogP contribution in [0.2, 0.25) is 0 Å². The fourth-order valence-electron chi connectivity index (χ4n) is 1.24. The number of hydrogen-bond acceptors (Lipinski definition) is 3. The summed E-state index contributed by atoms with van der Waals surface area (Å²) in [5.41, 5.74) is 1.27. The molecule has 0 heterocycles. The molecule has 0 fully saturated rings. The molecule has 0 spiro atoms. The minimum Gasteiger partial charge on any atom is -0.383 e. The van der Waals surface area contributed by atoms with Crippen molar-refractivity contribution in [2.45, 2.75) is 13.3 Å². The van der Waals surface area contributed by atoms with Crippen LogP contribution < -0.4 is 10.6 Å². The molecule has 0 unspecified atom stereocenters. The molecule has 1 aromatic carbocycles. The van der Waals surface area contributed by atoms with Crippen molar-refractivity contribution >= 4 is 17.3 Å². The van der Waals surface area contributed by atoms with Crippen molar-refractivity contribution < 1.29 is 22.7 Å². The number of ether oxygens (including phenoxy) is 1. The van der Waals surface area contributed by atoms with Gasteiger partial charge in [0.15, 0.2) is 0 Å². The summed E-state index contributed by atoms with van der Waals surface area (Å²) >= 11 is 0. The van der Waals surface area contributed by atoms with Gasteiger partial charge in [0.25, 0.3) is 0 Å². The average molecular weight is 262 g/mol. The van der Waals surface area contributed by atoms with Crippen LogP contribution in [0.3, 0.4) is 0 Å². The van der Waals surface area contributed by atoms with E-state index >= 15 is 0 Å². The Hall–Kier alpha value is -1.76. The van der Waals surface area contributed by atoms with Crippen molar-refractivity contribution in [2.24, 2.45) is 0 Å². The van der Waals surface area contributed by atoms with E-state index in [4.69, 9.17) is 0 Å². The van der Waals surface area contributed by atoms with Gasteiger partial charge in [-0.3, -0.25) is 9.53 Å². The summed E-state index contributed by atoms with van der Waals surface area (Å²) in [6, 6.07) is 6.60. The molecule has 0 bridgehead atoms. The summed E-state index contributed by atoms with van der Waals surface area (Å²) < 4.78 is 38.6. The number of anilines is 2. The lowest BCUT2D eigenvalue weighted by Crippen LogP contribution is -2.19. The van der Waals surface area contributed by atoms with E-state index in [0.717, 1.165) is 0 Å². The van der Waals surface area contributed by atoms with Crippen molar-refractivity contribution in [3.05, 3.63) is 24.3 Å². The lowest BCUT2D eigenvalue weighted by atomic mass is 10.3. The first-order chi connectivity index (χ1) is 8.37. The van der Waals surface area contributed by atoms with Crippen molar-refractivity contribution in [1.29, 1.82) is 0 Å². The number of rotatable bonds is 5. The van der Waals surface area contributed by atoms with Gasteiger partial charge in [-0.1, -0.05) is 0 Å². The first-order valence-corrected chi connectivity index (χ1v) is 5.19. The van der Waals surface area contributed by atoms with Crippen molar-refractivity contribution in [3.63, 3.8) is 0 Å². The minimum atomic E-state index is -4.60. The summed E-state index contributed by atoms with van der Waals surface area (Å²) in [5.74, 6) is -0.186. The highest BCUT2D eigenvalue weighted by Crippen LogP contribution is 2.16. The molecule has 1 amide bonds. The molecule has 2 N–H and O–H groups in total. The molecule has 1 rings (SSSR count). The molecule has 0 atom stereocenters. The maximum absolute atomic E-state index is 11.7. The smallest absolute Gasteiger partial charge is 0.383 e. The fourth-order valence-corrected chi connectivity index (χ4v) is 1.24. The molecule has 0 saturated carbocycles. The number of amides is 1. The number of halogens is 3. The summed E-state index contributed by atoms with van der Waals surface area (Å²) in [7, 11) is 0. The minimum absolute atomic E-state index is 0.0407. The van der Waals surface area contributed by atoms with Gasteiger partial charge in [-0.05, 0) is 24.3 Å². The molecule has 4 nitrogen and oxygen atoms in total. The standard InChI is InChI=1S/C11H13F3N2O2/c1-8(17)16-10-4-2-9(3-5-10)15-6-7-18-11(12,13)14/h2-5,15H,6-7H2,1H3,(H,16,17). The third-order valence-corrected chi connectivity index (χ3v) is 1.90. The average Bonchev–Trinajstić information content (AvgIpc) is 2.24. The second-order valence-electron chi connectivity index (χ2n) is 3.48. The summed E-state index contributed by atoms with van der Waals surface area (Å²) in [5, 5.41) is 5.34. The Kier molecular flexibility index (Phi) is 4.96. The highest BCUT2D eigenvalue weighted by Gasteiger charge is 2.28. The van der Waals surface area contributed by atoms with E-state index in [0.29, 0.717) is 11.4 Å². The van der Waals surface area contributed by atoms with Crippen LogP contribution in [0, 0.1) is 0 Å². The van der Waals surface area contributed by atoms with Crippen LogP contribution in [-0.4, -0.2) is 25.4 Å². The van der Waals surface area contributed by atoms with Gasteiger partial charge in [-0.2, -0.15) is 0 Å². The summed E-state index contributed by atoms with van der Waals surface area (Å²) in [4.78, 5) is 10.8. The second-order valence-corrected chi connectivity index (χ2v) is 3.48. The molecule has 0 saturated heterocycles. The first-order valence-electron chi connectivity index (χ1n) is 5.19. The topological polar surface area (TPSA) is 50.4 Å². The quantitative estimate of drug-likeness (QED) is 0.802. The highest BCUT2D eigenvalue weighted by molar-refractivity contribution is 5.88. The predicted molar refractivity (Wildman–Crippen MR) is 61.2 cm³/mol. The number of carbonyl (C=O) groups excluding carboxylic acids is 1. The van der Waals surface area contributed by atoms with E-state index in [1.165, 1.54) is 6.92 Å². The molecule has 0 radical (unpaired) electrons. The third-order valence-electron chi connectivity index (χ3n) is 1.90. The lowest BCUT2D eigenvalue weighted by molar-refractivity contribution is -0.322. The Morgan fingerprint density at radius 2 is 1.78 bits per heavy atom. The second kappa shape index (κ2) is 6.25. The fraction of sp³-hybridized carbons (Fsp3) is 0.364. The van der Waals surface area contributed by atoms with Gasteiger partial charge in [-0.25, -0.2) is 0 Å². The summed E-state index contributed by atoms with van der Waals surface area (Å²) in [6.07, 6.45) is -4.60. The number of nitrogens with one attached hydrogen (secondary N) is 2. The number of benzene rings is 1. The Morgan fingerprint density at radius 3 is 2.28 bits per heavy atom. The van der Waals surface area contributed by atoms with E-state index in [9.17, 15) is 18.0 Å². The maximum atomic E-state index is 11.7. The van der Waals surface area contributed by atoms with E-state index in [1.54, 1.807) is 24.3 Å². The molecule has 0 aliphatic rings. The predicted octanol–water partition coefficient (Wildman–Crippen LogP) is 2.59. The van der Waals surface area contributed by atoms with Gasteiger partial charge in [0.2, 0.25) is 5.91 Å².